The third-order valence-corrected chi connectivity index (χ3v) is 4.18. The third-order valence-electron chi connectivity index (χ3n) is 4.18. The zero-order valence-corrected chi connectivity index (χ0v) is 12.7. The fraction of sp³-hybridized carbons (Fsp3) is 0.625. The molecule has 1 fully saturated rings. The molecule has 20 heavy (non-hydrogen) atoms. The van der Waals surface area contributed by atoms with Crippen molar-refractivity contribution < 1.29 is 4.79 Å². The molecule has 4 heteroatoms. The van der Waals surface area contributed by atoms with Crippen LogP contribution in [-0.2, 0) is 0 Å². The van der Waals surface area contributed by atoms with Gasteiger partial charge in [0.1, 0.15) is 11.5 Å². The quantitative estimate of drug-likeness (QED) is 0.918. The number of hydrogen-bond acceptors (Lipinski definition) is 3. The van der Waals surface area contributed by atoms with E-state index in [1.807, 2.05) is 31.0 Å². The fourth-order valence-corrected chi connectivity index (χ4v) is 2.81. The van der Waals surface area contributed by atoms with Crippen molar-refractivity contribution in [2.45, 2.75) is 45.6 Å². The molecule has 0 radical (unpaired) electrons. The van der Waals surface area contributed by atoms with Crippen molar-refractivity contribution in [1.29, 1.82) is 0 Å². The molecule has 110 valence electrons. The second-order valence-electron chi connectivity index (χ2n) is 5.77. The number of aromatic nitrogens is 1. The van der Waals surface area contributed by atoms with Gasteiger partial charge in [0.05, 0.1) is 0 Å². The van der Waals surface area contributed by atoms with Gasteiger partial charge >= 0.3 is 0 Å². The van der Waals surface area contributed by atoms with E-state index in [-0.39, 0.29) is 5.91 Å². The topological polar surface area (TPSA) is 45.2 Å². The first-order chi connectivity index (χ1) is 9.61. The molecule has 1 aliphatic carbocycles. The summed E-state index contributed by atoms with van der Waals surface area (Å²) in [5.74, 6) is 1.60. The van der Waals surface area contributed by atoms with Crippen molar-refractivity contribution in [1.82, 2.24) is 9.88 Å². The summed E-state index contributed by atoms with van der Waals surface area (Å²) in [5.41, 5.74) is 0.532. The highest BCUT2D eigenvalue weighted by molar-refractivity contribution is 5.92. The Hall–Kier alpha value is -1.58. The van der Waals surface area contributed by atoms with Crippen LogP contribution in [0.3, 0.4) is 0 Å². The van der Waals surface area contributed by atoms with Crippen LogP contribution >= 0.6 is 0 Å². The van der Waals surface area contributed by atoms with Crippen molar-refractivity contribution in [3.05, 3.63) is 23.9 Å². The molecule has 0 bridgehead atoms. The molecule has 0 unspecified atom stereocenters. The van der Waals surface area contributed by atoms with Crippen molar-refractivity contribution in [3.8, 4) is 0 Å². The molecule has 1 aromatic heterocycles. The molecular formula is C16H25N3O. The molecule has 1 amide bonds. The molecule has 1 heterocycles. The molecule has 0 spiro atoms. The summed E-state index contributed by atoms with van der Waals surface area (Å²) in [6, 6.07) is 5.94. The van der Waals surface area contributed by atoms with Gasteiger partial charge < -0.3 is 10.2 Å². The summed E-state index contributed by atoms with van der Waals surface area (Å²) in [5, 5.41) is 3.15. The van der Waals surface area contributed by atoms with Crippen LogP contribution in [0.4, 0.5) is 5.82 Å². The van der Waals surface area contributed by atoms with Crippen LogP contribution in [0.1, 0.15) is 50.0 Å². The highest BCUT2D eigenvalue weighted by Gasteiger charge is 2.26. The Bertz CT molecular complexity index is 453. The first-order valence-electron chi connectivity index (χ1n) is 7.60. The van der Waals surface area contributed by atoms with Gasteiger partial charge in [0.25, 0.3) is 5.91 Å². The van der Waals surface area contributed by atoms with E-state index >= 15 is 0 Å². The van der Waals surface area contributed by atoms with Gasteiger partial charge in [0.2, 0.25) is 0 Å². The van der Waals surface area contributed by atoms with Crippen molar-refractivity contribution in [2.24, 2.45) is 5.92 Å². The van der Waals surface area contributed by atoms with Gasteiger partial charge in [-0.25, -0.2) is 4.98 Å². The maximum absolute atomic E-state index is 12.5. The van der Waals surface area contributed by atoms with Gasteiger partial charge in [0, 0.05) is 19.6 Å². The zero-order valence-electron chi connectivity index (χ0n) is 12.7. The molecule has 4 nitrogen and oxygen atoms in total. The molecule has 0 atom stereocenters. The number of rotatable bonds is 4. The summed E-state index contributed by atoms with van der Waals surface area (Å²) in [6.07, 6.45) is 4.65. The standard InChI is InChI=1S/C16H25N3O/c1-4-17-15-7-5-6-14(18-15)16(20)19(3)13-10-8-12(2)9-11-13/h5-7,12-13H,4,8-11H2,1-3H3,(H,17,18). The van der Waals surface area contributed by atoms with Crippen LogP contribution in [0.25, 0.3) is 0 Å². The van der Waals surface area contributed by atoms with E-state index in [0.29, 0.717) is 11.7 Å². The lowest BCUT2D eigenvalue weighted by molar-refractivity contribution is 0.0674. The molecule has 2 rings (SSSR count). The minimum atomic E-state index is 0.0318. The lowest BCUT2D eigenvalue weighted by atomic mass is 9.86. The van der Waals surface area contributed by atoms with Crippen LogP contribution in [0.15, 0.2) is 18.2 Å². The lowest BCUT2D eigenvalue weighted by Crippen LogP contribution is -2.39. The average molecular weight is 275 g/mol. The Labute approximate surface area is 121 Å². The van der Waals surface area contributed by atoms with Gasteiger partial charge in [-0.2, -0.15) is 0 Å². The third kappa shape index (κ3) is 3.50. The summed E-state index contributed by atoms with van der Waals surface area (Å²) < 4.78 is 0. The van der Waals surface area contributed by atoms with Crippen LogP contribution in [0, 0.1) is 5.92 Å². The first-order valence-corrected chi connectivity index (χ1v) is 7.60. The van der Waals surface area contributed by atoms with E-state index in [2.05, 4.69) is 17.2 Å². The number of amides is 1. The van der Waals surface area contributed by atoms with Crippen molar-refractivity contribution >= 4 is 11.7 Å². The largest absolute Gasteiger partial charge is 0.370 e. The molecule has 0 aliphatic heterocycles. The minimum absolute atomic E-state index is 0.0318. The maximum atomic E-state index is 12.5. The molecule has 1 N–H and O–H groups in total. The molecule has 0 saturated heterocycles. The smallest absolute Gasteiger partial charge is 0.272 e. The minimum Gasteiger partial charge on any atom is -0.370 e. The molecular weight excluding hydrogens is 250 g/mol. The second-order valence-corrected chi connectivity index (χ2v) is 5.77. The summed E-state index contributed by atoms with van der Waals surface area (Å²) in [7, 11) is 1.91. The van der Waals surface area contributed by atoms with Gasteiger partial charge in [-0.3, -0.25) is 4.79 Å². The van der Waals surface area contributed by atoms with E-state index in [0.717, 1.165) is 31.1 Å². The van der Waals surface area contributed by atoms with Gasteiger partial charge in [0.15, 0.2) is 0 Å². The number of anilines is 1. The van der Waals surface area contributed by atoms with Crippen LogP contribution in [0.2, 0.25) is 0 Å². The molecule has 1 aromatic rings. The Morgan fingerprint density at radius 1 is 1.35 bits per heavy atom. The van der Waals surface area contributed by atoms with Crippen LogP contribution in [-0.4, -0.2) is 35.4 Å². The normalized spacial score (nSPS) is 22.4. The zero-order chi connectivity index (χ0) is 14.5. The number of carbonyl (C=O) groups is 1. The van der Waals surface area contributed by atoms with E-state index in [9.17, 15) is 4.79 Å². The maximum Gasteiger partial charge on any atom is 0.272 e. The van der Waals surface area contributed by atoms with E-state index in [1.54, 1.807) is 6.07 Å². The number of pyridine rings is 1. The molecule has 1 aliphatic rings. The van der Waals surface area contributed by atoms with Gasteiger partial charge in [-0.15, -0.1) is 0 Å². The lowest BCUT2D eigenvalue weighted by Gasteiger charge is -2.33. The number of nitrogens with zero attached hydrogens (tertiary/aromatic N) is 2. The van der Waals surface area contributed by atoms with Gasteiger partial charge in [-0.1, -0.05) is 13.0 Å². The summed E-state index contributed by atoms with van der Waals surface area (Å²) >= 11 is 0. The van der Waals surface area contributed by atoms with Crippen molar-refractivity contribution in [2.75, 3.05) is 18.9 Å². The summed E-state index contributed by atoms with van der Waals surface area (Å²) in [6.45, 7) is 5.12. The van der Waals surface area contributed by atoms with Crippen LogP contribution in [0.5, 0.6) is 0 Å². The van der Waals surface area contributed by atoms with E-state index in [4.69, 9.17) is 0 Å². The van der Waals surface area contributed by atoms with Crippen molar-refractivity contribution in [3.63, 3.8) is 0 Å². The van der Waals surface area contributed by atoms with Gasteiger partial charge in [-0.05, 0) is 50.7 Å². The first kappa shape index (κ1) is 14.8. The SMILES string of the molecule is CCNc1cccc(C(=O)N(C)C2CCC(C)CC2)n1. The molecule has 1 saturated carbocycles. The monoisotopic (exact) mass is 275 g/mol. The fourth-order valence-electron chi connectivity index (χ4n) is 2.81. The second kappa shape index (κ2) is 6.73. The average Bonchev–Trinajstić information content (AvgIpc) is 2.47. The van der Waals surface area contributed by atoms with E-state index in [1.165, 1.54) is 12.8 Å². The predicted octanol–water partition coefficient (Wildman–Crippen LogP) is 3.16. The van der Waals surface area contributed by atoms with E-state index < -0.39 is 0 Å². The number of carbonyl (C=O) groups excluding carboxylic acids is 1. The Kier molecular flexibility index (Phi) is 4.99. The Morgan fingerprint density at radius 3 is 2.70 bits per heavy atom. The predicted molar refractivity (Wildman–Crippen MR) is 81.9 cm³/mol. The molecule has 0 aromatic carbocycles. The highest BCUT2D eigenvalue weighted by atomic mass is 16.2. The number of nitrogens with one attached hydrogen (secondary N) is 1. The van der Waals surface area contributed by atoms with Crippen LogP contribution < -0.4 is 5.32 Å². The highest BCUT2D eigenvalue weighted by Crippen LogP contribution is 2.27. The Morgan fingerprint density at radius 2 is 2.05 bits per heavy atom. The Balaban J connectivity index is 2.04. The summed E-state index contributed by atoms with van der Waals surface area (Å²) in [4.78, 5) is 18.8. The number of hydrogen-bond donors (Lipinski definition) is 1.